The lowest BCUT2D eigenvalue weighted by molar-refractivity contribution is -0.136. The van der Waals surface area contributed by atoms with Gasteiger partial charge in [0, 0.05) is 16.8 Å². The van der Waals surface area contributed by atoms with E-state index in [1.807, 2.05) is 37.3 Å². The zero-order valence-electron chi connectivity index (χ0n) is 13.5. The van der Waals surface area contributed by atoms with E-state index in [2.05, 4.69) is 10.6 Å². The number of benzene rings is 2. The van der Waals surface area contributed by atoms with E-state index in [9.17, 15) is 9.59 Å². The van der Waals surface area contributed by atoms with Crippen LogP contribution in [0.3, 0.4) is 0 Å². The van der Waals surface area contributed by atoms with Crippen LogP contribution in [0.1, 0.15) is 12.5 Å². The Morgan fingerprint density at radius 1 is 1.12 bits per heavy atom. The molecule has 0 bridgehead atoms. The number of hydrogen-bond donors (Lipinski definition) is 3. The third-order valence-corrected chi connectivity index (χ3v) is 3.73. The van der Waals surface area contributed by atoms with E-state index in [1.165, 1.54) is 0 Å². The third kappa shape index (κ3) is 4.57. The fourth-order valence-electron chi connectivity index (χ4n) is 2.17. The molecule has 2 rings (SSSR count). The largest absolute Gasteiger partial charge is 0.394 e. The van der Waals surface area contributed by atoms with Gasteiger partial charge in [-0.15, -0.1) is 0 Å². The van der Waals surface area contributed by atoms with Gasteiger partial charge in [0.05, 0.1) is 6.61 Å². The van der Waals surface area contributed by atoms with Crippen molar-refractivity contribution in [3.05, 3.63) is 53.1 Å². The molecule has 0 saturated heterocycles. The summed E-state index contributed by atoms with van der Waals surface area (Å²) in [5.74, 6) is -1.55. The molecule has 0 fully saturated rings. The highest BCUT2D eigenvalue weighted by molar-refractivity contribution is 6.39. The molecule has 1 atom stereocenters. The van der Waals surface area contributed by atoms with Gasteiger partial charge in [-0.1, -0.05) is 29.8 Å². The van der Waals surface area contributed by atoms with Gasteiger partial charge >= 0.3 is 11.8 Å². The number of halogens is 1. The van der Waals surface area contributed by atoms with Crippen LogP contribution in [0.4, 0.5) is 5.69 Å². The van der Waals surface area contributed by atoms with Crippen molar-refractivity contribution in [2.45, 2.75) is 19.9 Å². The number of nitrogens with one attached hydrogen (secondary N) is 2. The number of carbonyl (C=O) groups excluding carboxylic acids is 2. The van der Waals surface area contributed by atoms with Gasteiger partial charge in [0.1, 0.15) is 0 Å². The maximum atomic E-state index is 11.9. The minimum absolute atomic E-state index is 0.230. The predicted octanol–water partition coefficient (Wildman–Crippen LogP) is 2.75. The summed E-state index contributed by atoms with van der Waals surface area (Å²) < 4.78 is 0. The number of amides is 2. The predicted molar refractivity (Wildman–Crippen MR) is 94.9 cm³/mol. The number of carbonyl (C=O) groups is 2. The molecule has 0 aromatic heterocycles. The van der Waals surface area contributed by atoms with E-state index < -0.39 is 17.9 Å². The molecule has 0 aliphatic heterocycles. The standard InChI is InChI=1S/C18H19ClN2O3/c1-11-8-14(13-4-3-5-15(19)9-13)6-7-16(11)21-18(24)17(23)20-12(2)10-22/h3-9,12,22H,10H2,1-2H3,(H,20,23)(H,21,24). The Labute approximate surface area is 145 Å². The lowest BCUT2D eigenvalue weighted by Crippen LogP contribution is -2.42. The first-order chi connectivity index (χ1) is 11.4. The van der Waals surface area contributed by atoms with Gasteiger partial charge < -0.3 is 15.7 Å². The number of aryl methyl sites for hydroxylation is 1. The lowest BCUT2D eigenvalue weighted by atomic mass is 10.0. The Morgan fingerprint density at radius 3 is 2.46 bits per heavy atom. The molecule has 126 valence electrons. The van der Waals surface area contributed by atoms with Gasteiger partial charge in [0.25, 0.3) is 0 Å². The second kappa shape index (κ2) is 7.95. The zero-order chi connectivity index (χ0) is 17.7. The summed E-state index contributed by atoms with van der Waals surface area (Å²) in [6.45, 7) is 3.22. The first-order valence-electron chi connectivity index (χ1n) is 7.50. The molecule has 3 N–H and O–H groups in total. The van der Waals surface area contributed by atoms with Crippen LogP contribution >= 0.6 is 11.6 Å². The highest BCUT2D eigenvalue weighted by atomic mass is 35.5. The molecule has 0 aliphatic rings. The Balaban J connectivity index is 2.13. The first-order valence-corrected chi connectivity index (χ1v) is 7.88. The molecule has 1 unspecified atom stereocenters. The summed E-state index contributed by atoms with van der Waals surface area (Å²) in [5, 5.41) is 14.5. The third-order valence-electron chi connectivity index (χ3n) is 3.49. The summed E-state index contributed by atoms with van der Waals surface area (Å²) in [6, 6.07) is 12.5. The maximum absolute atomic E-state index is 11.9. The molecular formula is C18H19ClN2O3. The van der Waals surface area contributed by atoms with Crippen LogP contribution in [0.15, 0.2) is 42.5 Å². The maximum Gasteiger partial charge on any atom is 0.313 e. The SMILES string of the molecule is Cc1cc(-c2cccc(Cl)c2)ccc1NC(=O)C(=O)NC(C)CO. The zero-order valence-corrected chi connectivity index (χ0v) is 14.2. The Morgan fingerprint density at radius 2 is 1.83 bits per heavy atom. The van der Waals surface area contributed by atoms with Crippen LogP contribution in [0.2, 0.25) is 5.02 Å². The molecule has 0 saturated carbocycles. The number of aliphatic hydroxyl groups is 1. The van der Waals surface area contributed by atoms with Crippen molar-refractivity contribution in [3.63, 3.8) is 0 Å². The molecule has 2 amide bonds. The quantitative estimate of drug-likeness (QED) is 0.745. The van der Waals surface area contributed by atoms with Gasteiger partial charge in [0.2, 0.25) is 0 Å². The van der Waals surface area contributed by atoms with Gasteiger partial charge in [0.15, 0.2) is 0 Å². The van der Waals surface area contributed by atoms with Crippen molar-refractivity contribution in [1.82, 2.24) is 5.32 Å². The molecule has 5 nitrogen and oxygen atoms in total. The summed E-state index contributed by atoms with van der Waals surface area (Å²) in [6.07, 6.45) is 0. The molecule has 0 spiro atoms. The van der Waals surface area contributed by atoms with Crippen molar-refractivity contribution in [2.24, 2.45) is 0 Å². The topological polar surface area (TPSA) is 78.4 Å². The minimum Gasteiger partial charge on any atom is -0.394 e. The fraction of sp³-hybridized carbons (Fsp3) is 0.222. The lowest BCUT2D eigenvalue weighted by Gasteiger charge is -2.13. The van der Waals surface area contributed by atoms with E-state index in [0.717, 1.165) is 16.7 Å². The van der Waals surface area contributed by atoms with Crippen LogP contribution in [0.25, 0.3) is 11.1 Å². The van der Waals surface area contributed by atoms with Gasteiger partial charge in [-0.05, 0) is 54.8 Å². The average Bonchev–Trinajstić information content (AvgIpc) is 2.56. The normalized spacial score (nSPS) is 11.7. The van der Waals surface area contributed by atoms with Gasteiger partial charge in [-0.2, -0.15) is 0 Å². The highest BCUT2D eigenvalue weighted by Gasteiger charge is 2.16. The van der Waals surface area contributed by atoms with E-state index in [4.69, 9.17) is 16.7 Å². The fourth-order valence-corrected chi connectivity index (χ4v) is 2.36. The number of aliphatic hydroxyl groups excluding tert-OH is 1. The molecule has 24 heavy (non-hydrogen) atoms. The van der Waals surface area contributed by atoms with Crippen molar-refractivity contribution in [2.75, 3.05) is 11.9 Å². The minimum atomic E-state index is -0.783. The van der Waals surface area contributed by atoms with Crippen molar-refractivity contribution in [1.29, 1.82) is 0 Å². The summed E-state index contributed by atoms with van der Waals surface area (Å²) in [4.78, 5) is 23.6. The van der Waals surface area contributed by atoms with Crippen LogP contribution in [-0.2, 0) is 9.59 Å². The van der Waals surface area contributed by atoms with Crippen LogP contribution in [-0.4, -0.2) is 29.6 Å². The van der Waals surface area contributed by atoms with Crippen LogP contribution in [0, 0.1) is 6.92 Å². The smallest absolute Gasteiger partial charge is 0.313 e. The van der Waals surface area contributed by atoms with Gasteiger partial charge in [-0.3, -0.25) is 9.59 Å². The van der Waals surface area contributed by atoms with Crippen LogP contribution in [0.5, 0.6) is 0 Å². The average molecular weight is 347 g/mol. The van der Waals surface area contributed by atoms with E-state index in [1.54, 1.807) is 19.1 Å². The summed E-state index contributed by atoms with van der Waals surface area (Å²) in [5.41, 5.74) is 3.31. The monoisotopic (exact) mass is 346 g/mol. The number of anilines is 1. The second-order valence-corrected chi connectivity index (χ2v) is 5.99. The van der Waals surface area contributed by atoms with Crippen molar-refractivity contribution in [3.8, 4) is 11.1 Å². The summed E-state index contributed by atoms with van der Waals surface area (Å²) in [7, 11) is 0. The Hall–Kier alpha value is -2.37. The second-order valence-electron chi connectivity index (χ2n) is 5.55. The van der Waals surface area contributed by atoms with E-state index in [-0.39, 0.29) is 6.61 Å². The van der Waals surface area contributed by atoms with Crippen molar-refractivity contribution >= 4 is 29.1 Å². The molecule has 2 aromatic rings. The molecule has 2 aromatic carbocycles. The summed E-state index contributed by atoms with van der Waals surface area (Å²) >= 11 is 6.00. The molecule has 6 heteroatoms. The first kappa shape index (κ1) is 18.0. The van der Waals surface area contributed by atoms with Crippen LogP contribution < -0.4 is 10.6 Å². The van der Waals surface area contributed by atoms with E-state index in [0.29, 0.717) is 10.7 Å². The number of hydrogen-bond acceptors (Lipinski definition) is 3. The van der Waals surface area contributed by atoms with Gasteiger partial charge in [-0.25, -0.2) is 0 Å². The molecule has 0 radical (unpaired) electrons. The molecule has 0 aliphatic carbocycles. The van der Waals surface area contributed by atoms with Crippen molar-refractivity contribution < 1.29 is 14.7 Å². The Bertz CT molecular complexity index is 762. The molecule has 0 heterocycles. The highest BCUT2D eigenvalue weighted by Crippen LogP contribution is 2.26. The van der Waals surface area contributed by atoms with E-state index >= 15 is 0 Å². The molecular weight excluding hydrogens is 328 g/mol. The Kier molecular flexibility index (Phi) is 5.95. The number of rotatable bonds is 4.